The number of nitrogens with one attached hydrogen (secondary N) is 2. The SMILES string of the molecule is C=CCOC(=O)OC[C@H]1O[C@@H](OC[C@H]2O[C@H](C(=O)OCC=C)[C@H](NC(=O)CC(=O)CCCCCCCCCCC)[C@@H](OCCCCCCCCCCCC)[C@@H]2O)[C@H](NC(=O)OCC(Cl)(Cl)Cl)[C@@H](OCC[C@@H](CCCCCCCCCCC)OCCCCCC/C=C\CCCCCC)[C@@H]1OP(=O)(OCC=C)OCC=C. The van der Waals surface area contributed by atoms with Gasteiger partial charge in [0.15, 0.2) is 12.4 Å². The third kappa shape index (κ3) is 50.5. The smallest absolute Gasteiger partial charge is 0.459 e. The summed E-state index contributed by atoms with van der Waals surface area (Å²) in [5, 5.41) is 18.2. The van der Waals surface area contributed by atoms with Gasteiger partial charge in [-0.2, -0.15) is 0 Å². The maximum Gasteiger partial charge on any atom is 0.508 e. The number of unbranched alkanes of at least 4 members (excludes halogenated alkanes) is 33. The zero-order chi connectivity index (χ0) is 79.9. The molecule has 0 bridgehead atoms. The molecule has 632 valence electrons. The van der Waals surface area contributed by atoms with E-state index >= 15 is 0 Å². The molecule has 0 radical (unpaired) electrons. The van der Waals surface area contributed by atoms with E-state index in [0.717, 1.165) is 122 Å². The Morgan fingerprint density at radius 1 is 0.495 bits per heavy atom. The Bertz CT molecular complexity index is 2450. The maximum atomic E-state index is 15.0. The fourth-order valence-corrected chi connectivity index (χ4v) is 14.6. The summed E-state index contributed by atoms with van der Waals surface area (Å²) < 4.78 is 92.6. The lowest BCUT2D eigenvalue weighted by Crippen LogP contribution is -2.68. The van der Waals surface area contributed by atoms with Crippen LogP contribution in [0.1, 0.15) is 297 Å². The zero-order valence-electron chi connectivity index (χ0n) is 67.2. The molecule has 2 amide bonds. The Morgan fingerprint density at radius 2 is 0.982 bits per heavy atom. The van der Waals surface area contributed by atoms with Gasteiger partial charge in [0.2, 0.25) is 9.70 Å². The Labute approximate surface area is 671 Å². The number of ether oxygens (including phenoxy) is 10. The van der Waals surface area contributed by atoms with Crippen LogP contribution >= 0.6 is 42.6 Å². The van der Waals surface area contributed by atoms with Crippen LogP contribution in [0.15, 0.2) is 62.8 Å². The fraction of sp³-hybridized carbons (Fsp3) is 0.819. The molecule has 0 aromatic rings. The third-order valence-corrected chi connectivity index (χ3v) is 20.9. The fourth-order valence-electron chi connectivity index (χ4n) is 13.1. The minimum Gasteiger partial charge on any atom is -0.459 e. The second-order valence-electron chi connectivity index (χ2n) is 28.8. The molecule has 2 fully saturated rings. The van der Waals surface area contributed by atoms with Crippen molar-refractivity contribution >= 4 is 72.5 Å². The van der Waals surface area contributed by atoms with E-state index in [1.165, 1.54) is 133 Å². The predicted molar refractivity (Wildman–Crippen MR) is 433 cm³/mol. The molecule has 0 saturated carbocycles. The first-order chi connectivity index (χ1) is 52.8. The van der Waals surface area contributed by atoms with E-state index in [2.05, 4.69) is 76.8 Å². The molecular formula is C83H144Cl3N2O20P. The minimum absolute atomic E-state index is 0.0921. The number of esters is 1. The van der Waals surface area contributed by atoms with E-state index in [1.54, 1.807) is 0 Å². The number of aliphatic hydroxyl groups is 1. The zero-order valence-corrected chi connectivity index (χ0v) is 70.4. The van der Waals surface area contributed by atoms with Crippen LogP contribution in [0, 0.1) is 0 Å². The molecule has 0 unspecified atom stereocenters. The Kier molecular flexibility index (Phi) is 62.3. The van der Waals surface area contributed by atoms with Gasteiger partial charge in [0.25, 0.3) is 0 Å². The topological polar surface area (TPSA) is 267 Å². The summed E-state index contributed by atoms with van der Waals surface area (Å²) in [6.45, 7) is 20.7. The highest BCUT2D eigenvalue weighted by Gasteiger charge is 2.55. The number of allylic oxidation sites excluding steroid dienone is 2. The molecule has 2 aliphatic rings. The largest absolute Gasteiger partial charge is 0.508 e. The van der Waals surface area contributed by atoms with Crippen molar-refractivity contribution in [3.63, 3.8) is 0 Å². The molecule has 0 aliphatic carbocycles. The average Bonchev–Trinajstić information content (AvgIpc) is 0.778. The summed E-state index contributed by atoms with van der Waals surface area (Å²) in [6, 6.07) is -3.00. The summed E-state index contributed by atoms with van der Waals surface area (Å²) >= 11 is 18.4. The molecule has 109 heavy (non-hydrogen) atoms. The summed E-state index contributed by atoms with van der Waals surface area (Å²) in [5.74, 6) is -1.96. The van der Waals surface area contributed by atoms with Crippen molar-refractivity contribution < 1.29 is 94.6 Å². The van der Waals surface area contributed by atoms with Crippen molar-refractivity contribution in [2.45, 2.75) is 368 Å². The van der Waals surface area contributed by atoms with Crippen molar-refractivity contribution in [1.82, 2.24) is 10.6 Å². The van der Waals surface area contributed by atoms with Crippen molar-refractivity contribution in [2.24, 2.45) is 0 Å². The number of hydrogen-bond donors (Lipinski definition) is 3. The minimum atomic E-state index is -4.76. The molecule has 2 saturated heterocycles. The summed E-state index contributed by atoms with van der Waals surface area (Å²) in [4.78, 5) is 69.5. The molecule has 11 atom stereocenters. The number of ketones is 1. The molecular weight excluding hydrogens is 1480 g/mol. The van der Waals surface area contributed by atoms with Crippen molar-refractivity contribution in [2.75, 3.05) is 66.1 Å². The van der Waals surface area contributed by atoms with Crippen LogP contribution in [0.2, 0.25) is 0 Å². The molecule has 2 rings (SSSR count). The van der Waals surface area contributed by atoms with Crippen LogP contribution in [0.4, 0.5) is 9.59 Å². The highest BCUT2D eigenvalue weighted by molar-refractivity contribution is 7.48. The summed E-state index contributed by atoms with van der Waals surface area (Å²) in [6.07, 6.45) is 36.1. The number of Topliss-reactive ketones (excluding diaryl/α,β-unsaturated/α-hetero) is 1. The van der Waals surface area contributed by atoms with E-state index in [0.29, 0.717) is 32.3 Å². The second kappa shape index (κ2) is 66.8. The van der Waals surface area contributed by atoms with Crippen molar-refractivity contribution in [1.29, 1.82) is 0 Å². The number of rotatable bonds is 72. The third-order valence-electron chi connectivity index (χ3n) is 19.1. The van der Waals surface area contributed by atoms with Gasteiger partial charge in [-0.15, -0.1) is 13.2 Å². The molecule has 26 heteroatoms. The van der Waals surface area contributed by atoms with Gasteiger partial charge in [0.05, 0.1) is 38.4 Å². The first-order valence-corrected chi connectivity index (χ1v) is 44.3. The molecule has 3 N–H and O–H groups in total. The number of alkyl carbamates (subject to hydrolysis) is 1. The number of phosphoric acid groups is 1. The highest BCUT2D eigenvalue weighted by atomic mass is 35.6. The molecule has 0 aromatic carbocycles. The number of halogens is 3. The molecule has 2 aliphatic heterocycles. The lowest BCUT2D eigenvalue weighted by molar-refractivity contribution is -0.289. The quantitative estimate of drug-likeness (QED) is 0.00971. The van der Waals surface area contributed by atoms with E-state index in [-0.39, 0.29) is 57.9 Å². The van der Waals surface area contributed by atoms with Gasteiger partial charge in [-0.25, -0.2) is 18.9 Å². The number of amides is 2. The van der Waals surface area contributed by atoms with Gasteiger partial charge in [0, 0.05) is 26.2 Å². The summed E-state index contributed by atoms with van der Waals surface area (Å²) in [7, 11) is -4.76. The number of hydrogen-bond acceptors (Lipinski definition) is 20. The van der Waals surface area contributed by atoms with E-state index < -0.39 is 123 Å². The number of carbonyl (C=O) groups excluding carboxylic acids is 5. The van der Waals surface area contributed by atoms with Crippen molar-refractivity contribution in [3.05, 3.63) is 62.8 Å². The Hall–Kier alpha value is -3.45. The monoisotopic (exact) mass is 1620 g/mol. The normalized spacial score (nSPS) is 20.5. The highest BCUT2D eigenvalue weighted by Crippen LogP contribution is 2.53. The second-order valence-corrected chi connectivity index (χ2v) is 32.9. The Balaban J connectivity index is 2.81. The van der Waals surface area contributed by atoms with Crippen LogP contribution in [0.5, 0.6) is 0 Å². The molecule has 22 nitrogen and oxygen atoms in total. The van der Waals surface area contributed by atoms with Crippen LogP contribution in [0.25, 0.3) is 0 Å². The standard InChI is InChI=1S/C83H144Cl3N2O20P/c1-9-17-21-25-29-33-35-36-40-43-47-51-60-96-68(54-50-46-42-38-32-28-24-20-12-4)55-62-98-77-73(88-81(93)103-66-83(84,85)86)80(107-70(65-102-82(94)100-57-14-6)75(77)108-109(95,104-58-15-7)105-59-16-8)101-64-69-74(91)76(97-61-52-48-44-39-34-30-26-22-18-10-2)72(78(106-69)79(92)99-56-13-5)87-71(90)63-67(89)53-49-45-41-37-31-27-23-19-11-3/h13-16,33,35,68-70,72-78,80,91H,5-12,17-32,34,36-66H2,1-4H3,(H,87,90)(H,88,93)/b35-33-/t68-,69-,70-,72-,73-,74-,75-,76-,77-,78+,80-/m1/s1. The van der Waals surface area contributed by atoms with Gasteiger partial charge in [-0.1, -0.05) is 311 Å². The van der Waals surface area contributed by atoms with Crippen LogP contribution in [0.3, 0.4) is 0 Å². The van der Waals surface area contributed by atoms with Gasteiger partial charge in [-0.3, -0.25) is 23.2 Å². The Morgan fingerprint density at radius 3 is 1.52 bits per heavy atom. The first-order valence-electron chi connectivity index (χ1n) is 41.7. The van der Waals surface area contributed by atoms with Crippen LogP contribution in [-0.4, -0.2) is 172 Å². The van der Waals surface area contributed by atoms with Crippen molar-refractivity contribution in [3.8, 4) is 0 Å². The van der Waals surface area contributed by atoms with Gasteiger partial charge in [-0.05, 0) is 57.8 Å². The number of alkyl halides is 3. The van der Waals surface area contributed by atoms with Crippen LogP contribution in [-0.2, 0) is 79.9 Å². The van der Waals surface area contributed by atoms with Gasteiger partial charge in [0.1, 0.15) is 74.9 Å². The first kappa shape index (κ1) is 102. The average molecular weight is 1630 g/mol. The van der Waals surface area contributed by atoms with E-state index in [1.807, 2.05) is 0 Å². The number of aliphatic hydroxyl groups excluding tert-OH is 1. The maximum absolute atomic E-state index is 15.0. The molecule has 0 aromatic heterocycles. The lowest BCUT2D eigenvalue weighted by Gasteiger charge is -2.47. The van der Waals surface area contributed by atoms with Gasteiger partial charge < -0.3 is 63.1 Å². The predicted octanol–water partition coefficient (Wildman–Crippen LogP) is 20.5. The lowest BCUT2D eigenvalue weighted by atomic mass is 9.91. The van der Waals surface area contributed by atoms with E-state index in [9.17, 15) is 33.6 Å². The number of carbonyl (C=O) groups is 5. The molecule has 2 heterocycles. The van der Waals surface area contributed by atoms with Crippen LogP contribution < -0.4 is 10.6 Å². The van der Waals surface area contributed by atoms with E-state index in [4.69, 9.17) is 95.7 Å². The number of phosphoric ester groups is 1. The molecule has 0 spiro atoms. The van der Waals surface area contributed by atoms with Gasteiger partial charge >= 0.3 is 26.0 Å². The summed E-state index contributed by atoms with van der Waals surface area (Å²) in [5.41, 5.74) is 0.